The summed E-state index contributed by atoms with van der Waals surface area (Å²) >= 11 is 0. The lowest BCUT2D eigenvalue weighted by molar-refractivity contribution is -0.126. The van der Waals surface area contributed by atoms with E-state index < -0.39 is 12.7 Å². The fourth-order valence-electron chi connectivity index (χ4n) is 1.04. The van der Waals surface area contributed by atoms with Gasteiger partial charge in [0.2, 0.25) is 0 Å². The number of halogens is 3. The first-order valence-electron chi connectivity index (χ1n) is 4.25. The molecule has 1 aromatic rings. The predicted molar refractivity (Wildman–Crippen MR) is 45.7 cm³/mol. The van der Waals surface area contributed by atoms with Crippen LogP contribution in [0.15, 0.2) is 18.5 Å². The molecule has 1 heterocycles. The molecule has 1 atom stereocenters. The van der Waals surface area contributed by atoms with E-state index in [0.717, 1.165) is 0 Å². The molecular formula is C8H12F3N3. The van der Waals surface area contributed by atoms with Gasteiger partial charge in [0.05, 0.1) is 13.1 Å². The lowest BCUT2D eigenvalue weighted by Gasteiger charge is -2.15. The summed E-state index contributed by atoms with van der Waals surface area (Å²) in [5.74, 6) is 0. The highest BCUT2D eigenvalue weighted by Gasteiger charge is 2.27. The predicted octanol–water partition coefficient (Wildman–Crippen LogP) is 1.42. The van der Waals surface area contributed by atoms with Crippen molar-refractivity contribution in [2.45, 2.75) is 25.7 Å². The van der Waals surface area contributed by atoms with Crippen molar-refractivity contribution in [1.82, 2.24) is 15.1 Å². The molecule has 0 spiro atoms. The van der Waals surface area contributed by atoms with E-state index in [1.54, 1.807) is 30.1 Å². The second-order valence-corrected chi connectivity index (χ2v) is 3.13. The standard InChI is InChI=1S/C8H12F3N3/c1-7(12-6-8(9,10)11)5-14-4-2-3-13-14/h2-4,7,12H,5-6H2,1H3. The zero-order valence-corrected chi connectivity index (χ0v) is 7.75. The minimum absolute atomic E-state index is 0.253. The van der Waals surface area contributed by atoms with E-state index >= 15 is 0 Å². The van der Waals surface area contributed by atoms with Crippen LogP contribution >= 0.6 is 0 Å². The van der Waals surface area contributed by atoms with E-state index in [1.165, 1.54) is 0 Å². The van der Waals surface area contributed by atoms with Crippen LogP contribution in [0, 0.1) is 0 Å². The maximum Gasteiger partial charge on any atom is 0.401 e. The van der Waals surface area contributed by atoms with Crippen molar-refractivity contribution in [2.24, 2.45) is 0 Å². The Bertz CT molecular complexity index is 255. The Morgan fingerprint density at radius 1 is 1.50 bits per heavy atom. The van der Waals surface area contributed by atoms with Crippen LogP contribution in [0.1, 0.15) is 6.92 Å². The number of nitrogens with one attached hydrogen (secondary N) is 1. The van der Waals surface area contributed by atoms with Gasteiger partial charge in [-0.2, -0.15) is 18.3 Å². The number of aromatic nitrogens is 2. The molecule has 0 radical (unpaired) electrons. The van der Waals surface area contributed by atoms with Crippen molar-refractivity contribution in [3.63, 3.8) is 0 Å². The van der Waals surface area contributed by atoms with Crippen molar-refractivity contribution in [3.05, 3.63) is 18.5 Å². The van der Waals surface area contributed by atoms with E-state index in [4.69, 9.17) is 0 Å². The molecule has 80 valence electrons. The number of rotatable bonds is 4. The average Bonchev–Trinajstić information content (AvgIpc) is 2.52. The number of hydrogen-bond donors (Lipinski definition) is 1. The summed E-state index contributed by atoms with van der Waals surface area (Å²) < 4.78 is 37.0. The minimum Gasteiger partial charge on any atom is -0.304 e. The molecule has 0 saturated carbocycles. The summed E-state index contributed by atoms with van der Waals surface area (Å²) in [5.41, 5.74) is 0. The van der Waals surface area contributed by atoms with Gasteiger partial charge in [0.15, 0.2) is 0 Å². The lowest BCUT2D eigenvalue weighted by Crippen LogP contribution is -2.37. The van der Waals surface area contributed by atoms with Crippen LogP contribution in [-0.2, 0) is 6.54 Å². The second kappa shape index (κ2) is 4.45. The monoisotopic (exact) mass is 207 g/mol. The molecule has 1 unspecified atom stereocenters. The highest BCUT2D eigenvalue weighted by atomic mass is 19.4. The first kappa shape index (κ1) is 11.0. The van der Waals surface area contributed by atoms with E-state index in [2.05, 4.69) is 10.4 Å². The lowest BCUT2D eigenvalue weighted by atomic mass is 10.3. The van der Waals surface area contributed by atoms with Crippen molar-refractivity contribution in [2.75, 3.05) is 6.54 Å². The molecule has 1 aromatic heterocycles. The summed E-state index contributed by atoms with van der Waals surface area (Å²) in [6.45, 7) is 1.16. The Hall–Kier alpha value is -1.04. The first-order valence-corrected chi connectivity index (χ1v) is 4.25. The molecule has 0 amide bonds. The van der Waals surface area contributed by atoms with Crippen molar-refractivity contribution in [1.29, 1.82) is 0 Å². The van der Waals surface area contributed by atoms with Gasteiger partial charge in [0, 0.05) is 18.4 Å². The van der Waals surface area contributed by atoms with Crippen LogP contribution in [0.4, 0.5) is 13.2 Å². The third-order valence-electron chi connectivity index (χ3n) is 1.67. The molecule has 0 aliphatic carbocycles. The Balaban J connectivity index is 2.26. The molecule has 0 bridgehead atoms. The average molecular weight is 207 g/mol. The third-order valence-corrected chi connectivity index (χ3v) is 1.67. The molecule has 0 fully saturated rings. The third kappa shape index (κ3) is 4.27. The summed E-state index contributed by atoms with van der Waals surface area (Å²) in [4.78, 5) is 0. The Kier molecular flexibility index (Phi) is 3.51. The van der Waals surface area contributed by atoms with Gasteiger partial charge in [-0.1, -0.05) is 0 Å². The maximum atomic E-state index is 11.8. The van der Waals surface area contributed by atoms with Crippen molar-refractivity contribution in [3.8, 4) is 0 Å². The topological polar surface area (TPSA) is 29.9 Å². The van der Waals surface area contributed by atoms with Gasteiger partial charge in [-0.3, -0.25) is 4.68 Å². The van der Waals surface area contributed by atoms with E-state index in [-0.39, 0.29) is 6.04 Å². The van der Waals surface area contributed by atoms with Gasteiger partial charge in [-0.15, -0.1) is 0 Å². The number of alkyl halides is 3. The SMILES string of the molecule is CC(Cn1cccn1)NCC(F)(F)F. The zero-order valence-electron chi connectivity index (χ0n) is 7.75. The molecule has 3 nitrogen and oxygen atoms in total. The van der Waals surface area contributed by atoms with Crippen LogP contribution in [0.5, 0.6) is 0 Å². The Labute approximate surface area is 79.9 Å². The summed E-state index contributed by atoms with van der Waals surface area (Å²) in [5, 5.41) is 6.27. The summed E-state index contributed by atoms with van der Waals surface area (Å²) in [6, 6.07) is 1.48. The van der Waals surface area contributed by atoms with Crippen LogP contribution in [0.2, 0.25) is 0 Å². The van der Waals surface area contributed by atoms with Crippen LogP contribution < -0.4 is 5.32 Å². The Morgan fingerprint density at radius 2 is 2.21 bits per heavy atom. The van der Waals surface area contributed by atoms with Crippen molar-refractivity contribution >= 4 is 0 Å². The highest BCUT2D eigenvalue weighted by molar-refractivity contribution is 4.79. The van der Waals surface area contributed by atoms with Gasteiger partial charge in [0.1, 0.15) is 0 Å². The molecule has 14 heavy (non-hydrogen) atoms. The fourth-order valence-corrected chi connectivity index (χ4v) is 1.04. The molecule has 0 aliphatic heterocycles. The molecule has 0 aromatic carbocycles. The van der Waals surface area contributed by atoms with Gasteiger partial charge in [0.25, 0.3) is 0 Å². The summed E-state index contributed by atoms with van der Waals surface area (Å²) in [6.07, 6.45) is -0.847. The Morgan fingerprint density at radius 3 is 2.71 bits per heavy atom. The molecule has 6 heteroatoms. The molecule has 1 rings (SSSR count). The normalized spacial score (nSPS) is 14.3. The van der Waals surface area contributed by atoms with Crippen molar-refractivity contribution < 1.29 is 13.2 Å². The molecule has 0 aliphatic rings. The van der Waals surface area contributed by atoms with E-state index in [1.807, 2.05) is 0 Å². The molecule has 1 N–H and O–H groups in total. The minimum atomic E-state index is -4.15. The fraction of sp³-hybridized carbons (Fsp3) is 0.625. The number of hydrogen-bond acceptors (Lipinski definition) is 2. The van der Waals surface area contributed by atoms with Gasteiger partial charge < -0.3 is 5.32 Å². The van der Waals surface area contributed by atoms with Crippen LogP contribution in [0.25, 0.3) is 0 Å². The highest BCUT2D eigenvalue weighted by Crippen LogP contribution is 2.12. The molecular weight excluding hydrogens is 195 g/mol. The van der Waals surface area contributed by atoms with Crippen LogP contribution in [-0.4, -0.2) is 28.5 Å². The summed E-state index contributed by atoms with van der Waals surface area (Å²) in [7, 11) is 0. The quantitative estimate of drug-likeness (QED) is 0.809. The van der Waals surface area contributed by atoms with Gasteiger partial charge in [-0.25, -0.2) is 0 Å². The first-order chi connectivity index (χ1) is 6.47. The van der Waals surface area contributed by atoms with Gasteiger partial charge in [-0.05, 0) is 13.0 Å². The van der Waals surface area contributed by atoms with E-state index in [0.29, 0.717) is 6.54 Å². The smallest absolute Gasteiger partial charge is 0.304 e. The van der Waals surface area contributed by atoms with E-state index in [9.17, 15) is 13.2 Å². The zero-order chi connectivity index (χ0) is 10.6. The maximum absolute atomic E-state index is 11.8. The van der Waals surface area contributed by atoms with Gasteiger partial charge >= 0.3 is 6.18 Å². The second-order valence-electron chi connectivity index (χ2n) is 3.13. The number of nitrogens with zero attached hydrogens (tertiary/aromatic N) is 2. The van der Waals surface area contributed by atoms with Crippen LogP contribution in [0.3, 0.4) is 0 Å². The largest absolute Gasteiger partial charge is 0.401 e. The molecule has 0 saturated heterocycles.